The highest BCUT2D eigenvalue weighted by molar-refractivity contribution is 7.87. The molecule has 15 nitrogen and oxygen atoms in total. The van der Waals surface area contributed by atoms with E-state index in [-0.39, 0.29) is 42.6 Å². The molecule has 0 saturated heterocycles. The smallest absolute Gasteiger partial charge is 0.295 e. The molecule has 0 saturated carbocycles. The van der Waals surface area contributed by atoms with Crippen LogP contribution >= 0.6 is 0 Å². The van der Waals surface area contributed by atoms with E-state index in [9.17, 15) is 42.8 Å². The van der Waals surface area contributed by atoms with Crippen LogP contribution in [-0.2, 0) is 40.5 Å². The lowest BCUT2D eigenvalue weighted by Gasteiger charge is -2.20. The fraction of sp³-hybridized carbons (Fsp3) is 0.296. The lowest BCUT2D eigenvalue weighted by Crippen LogP contribution is -2.12. The third-order valence-corrected chi connectivity index (χ3v) is 10.3. The summed E-state index contributed by atoms with van der Waals surface area (Å²) >= 11 is 0. The molecule has 1 aliphatic heterocycles. The number of nitrogens with one attached hydrogen (secondary N) is 1. The molecule has 2 aromatic carbocycles. The van der Waals surface area contributed by atoms with Gasteiger partial charge < -0.3 is 9.73 Å². The molecule has 0 amide bonds. The van der Waals surface area contributed by atoms with Gasteiger partial charge in [0.25, 0.3) is 40.5 Å². The summed E-state index contributed by atoms with van der Waals surface area (Å²) in [4.78, 5) is 2.80. The normalized spacial score (nSPS) is 13.5. The Balaban J connectivity index is 1.98. The summed E-state index contributed by atoms with van der Waals surface area (Å²) in [5.41, 5.74) is 2.23. The van der Waals surface area contributed by atoms with Gasteiger partial charge in [0.2, 0.25) is 0 Å². The lowest BCUT2D eigenvalue weighted by atomic mass is 9.93. The Morgan fingerprint density at radius 2 is 1.43 bits per heavy atom. The van der Waals surface area contributed by atoms with Crippen LogP contribution in [0.5, 0.6) is 0 Å². The third-order valence-electron chi connectivity index (χ3n) is 6.97. The molecule has 0 bridgehead atoms. The summed E-state index contributed by atoms with van der Waals surface area (Å²) in [5, 5.41) is 3.85. The van der Waals surface area contributed by atoms with E-state index in [0.29, 0.717) is 44.9 Å². The van der Waals surface area contributed by atoms with Gasteiger partial charge in [-0.05, 0) is 67.6 Å². The first kappa shape index (κ1) is 35.4. The zero-order valence-electron chi connectivity index (χ0n) is 24.3. The molecule has 0 atom stereocenters. The Morgan fingerprint density at radius 1 is 0.783 bits per heavy atom. The molecule has 1 heterocycles. The Kier molecular flexibility index (Phi) is 10.0. The van der Waals surface area contributed by atoms with Gasteiger partial charge in [-0.3, -0.25) is 23.2 Å². The maximum absolute atomic E-state index is 12.5. The fourth-order valence-corrected chi connectivity index (χ4v) is 7.20. The van der Waals surface area contributed by atoms with Gasteiger partial charge in [-0.1, -0.05) is 6.07 Å². The fourth-order valence-electron chi connectivity index (χ4n) is 4.89. The van der Waals surface area contributed by atoms with E-state index in [1.54, 1.807) is 38.1 Å². The van der Waals surface area contributed by atoms with Crippen LogP contribution < -0.4 is 10.7 Å². The topological polar surface area (TPSA) is 255 Å². The van der Waals surface area contributed by atoms with Crippen LogP contribution in [0, 0.1) is 13.8 Å². The Labute approximate surface area is 265 Å². The van der Waals surface area contributed by atoms with Gasteiger partial charge in [0.15, 0.2) is 0 Å². The quantitative estimate of drug-likeness (QED) is 0.0801. The first-order chi connectivity index (χ1) is 21.1. The van der Waals surface area contributed by atoms with Crippen molar-refractivity contribution in [2.45, 2.75) is 36.5 Å². The van der Waals surface area contributed by atoms with Crippen molar-refractivity contribution < 1.29 is 56.3 Å². The van der Waals surface area contributed by atoms with E-state index in [2.05, 4.69) is 10.3 Å². The number of fused-ring (bicyclic) bond motifs is 2. The molecule has 0 radical (unpaired) electrons. The van der Waals surface area contributed by atoms with E-state index in [4.69, 9.17) is 13.5 Å². The second-order valence-corrected chi connectivity index (χ2v) is 16.4. The summed E-state index contributed by atoms with van der Waals surface area (Å²) in [5.74, 6) is -0.665. The van der Waals surface area contributed by atoms with Crippen LogP contribution in [0.2, 0.25) is 0 Å². The van der Waals surface area contributed by atoms with Crippen LogP contribution in [0.15, 0.2) is 61.7 Å². The average Bonchev–Trinajstić information content (AvgIpc) is 2.91. The van der Waals surface area contributed by atoms with Crippen molar-refractivity contribution in [2.24, 2.45) is 4.99 Å². The zero-order valence-corrected chi connectivity index (χ0v) is 27.6. The van der Waals surface area contributed by atoms with Crippen molar-refractivity contribution >= 4 is 57.1 Å². The molecule has 0 fully saturated rings. The maximum Gasteiger partial charge on any atom is 0.295 e. The molecule has 4 rings (SSSR count). The number of nitrogens with zero attached hydrogens (tertiary/aromatic N) is 1. The van der Waals surface area contributed by atoms with Gasteiger partial charge in [0.05, 0.1) is 21.8 Å². The molecule has 2 aromatic rings. The molecule has 5 N–H and O–H groups in total. The predicted octanol–water partition coefficient (Wildman–Crippen LogP) is 3.18. The van der Waals surface area contributed by atoms with Crippen molar-refractivity contribution in [3.05, 3.63) is 58.9 Å². The zero-order chi connectivity index (χ0) is 34.2. The highest BCUT2D eigenvalue weighted by Gasteiger charge is 2.25. The standard InChI is InChI=1S/C27H30N2O13S4/c1-16-11-18-12-21-25(42-24(18)14-22(16)28-7-3-9-43(30,31)32)15-23(29-8-4-10-44(33,34)35)17(2)27(21)20-6-5-19(45(36,37)38)13-26(20)46(39,40)41/h5-6,11-15,29H,3-4,7-10H2,1-2H3,(H,30,31,32)(H,33,34,35)(H,36,37,38)(H,39,40,41). The summed E-state index contributed by atoms with van der Waals surface area (Å²) in [6.07, 6.45) is 0.0778. The van der Waals surface area contributed by atoms with Crippen LogP contribution in [0.3, 0.4) is 0 Å². The highest BCUT2D eigenvalue weighted by atomic mass is 32.2. The highest BCUT2D eigenvalue weighted by Crippen LogP contribution is 2.42. The molecule has 0 aromatic heterocycles. The van der Waals surface area contributed by atoms with E-state index < -0.39 is 61.8 Å². The maximum atomic E-state index is 12.5. The van der Waals surface area contributed by atoms with Crippen molar-refractivity contribution in [3.63, 3.8) is 0 Å². The summed E-state index contributed by atoms with van der Waals surface area (Å²) < 4.78 is 137. The first-order valence-corrected chi connectivity index (χ1v) is 19.5. The van der Waals surface area contributed by atoms with Gasteiger partial charge >= 0.3 is 0 Å². The minimum Gasteiger partial charge on any atom is -0.456 e. The molecule has 19 heteroatoms. The molecule has 1 aliphatic carbocycles. The van der Waals surface area contributed by atoms with Crippen molar-refractivity contribution in [1.82, 2.24) is 0 Å². The first-order valence-electron chi connectivity index (χ1n) is 13.4. The molecular formula is C27H30N2O13S4. The van der Waals surface area contributed by atoms with Crippen LogP contribution in [-0.4, -0.2) is 76.5 Å². The van der Waals surface area contributed by atoms with Crippen LogP contribution in [0.1, 0.15) is 24.0 Å². The number of hydrogen-bond acceptors (Lipinski definition) is 11. The van der Waals surface area contributed by atoms with Crippen LogP contribution in [0.25, 0.3) is 33.4 Å². The SMILES string of the molecule is Cc1c(NCCCS(=O)(=O)O)cc2oc3cc(=NCCCS(=O)(=O)O)c(C)cc-3cc2c1-c1ccc(S(=O)(=O)O)cc1S(=O)(=O)O. The van der Waals surface area contributed by atoms with E-state index in [0.717, 1.165) is 12.1 Å². The molecule has 0 spiro atoms. The van der Waals surface area contributed by atoms with Gasteiger partial charge in [-0.2, -0.15) is 33.7 Å². The second kappa shape index (κ2) is 13.0. The monoisotopic (exact) mass is 718 g/mol. The largest absolute Gasteiger partial charge is 0.456 e. The predicted molar refractivity (Wildman–Crippen MR) is 168 cm³/mol. The Hall–Kier alpha value is -3.43. The summed E-state index contributed by atoms with van der Waals surface area (Å²) in [6, 6.07) is 9.29. The molecule has 2 aliphatic rings. The summed E-state index contributed by atoms with van der Waals surface area (Å²) in [7, 11) is -18.3. The van der Waals surface area contributed by atoms with E-state index >= 15 is 0 Å². The number of aryl methyl sites for hydroxylation is 1. The third kappa shape index (κ3) is 8.68. The van der Waals surface area contributed by atoms with Gasteiger partial charge in [0, 0.05) is 47.4 Å². The number of hydrogen-bond donors (Lipinski definition) is 5. The minimum absolute atomic E-state index is 0.00154. The van der Waals surface area contributed by atoms with Gasteiger partial charge in [-0.15, -0.1) is 0 Å². The van der Waals surface area contributed by atoms with Gasteiger partial charge in [0.1, 0.15) is 16.2 Å². The minimum atomic E-state index is -5.06. The van der Waals surface area contributed by atoms with E-state index in [1.165, 1.54) is 0 Å². The number of benzene rings is 3. The molecule has 250 valence electrons. The molecule has 46 heavy (non-hydrogen) atoms. The number of anilines is 1. The lowest BCUT2D eigenvalue weighted by molar-refractivity contribution is 0.478. The van der Waals surface area contributed by atoms with Gasteiger partial charge in [-0.25, -0.2) is 0 Å². The molecular weight excluding hydrogens is 689 g/mol. The molecule has 0 unspecified atom stereocenters. The van der Waals surface area contributed by atoms with Crippen LogP contribution in [0.4, 0.5) is 5.69 Å². The summed E-state index contributed by atoms with van der Waals surface area (Å²) in [6.45, 7) is 3.51. The van der Waals surface area contributed by atoms with Crippen molar-refractivity contribution in [2.75, 3.05) is 29.9 Å². The Morgan fingerprint density at radius 3 is 2.04 bits per heavy atom. The van der Waals surface area contributed by atoms with Crippen molar-refractivity contribution in [3.8, 4) is 22.5 Å². The van der Waals surface area contributed by atoms with E-state index in [1.807, 2.05) is 0 Å². The Bertz CT molecular complexity index is 2310. The number of rotatable bonds is 12. The van der Waals surface area contributed by atoms with Crippen molar-refractivity contribution in [1.29, 1.82) is 0 Å². The second-order valence-electron chi connectivity index (χ2n) is 10.5. The average molecular weight is 719 g/mol.